The Labute approximate surface area is 196 Å². The van der Waals surface area contributed by atoms with Crippen LogP contribution in [-0.4, -0.2) is 29.1 Å². The molecule has 33 heavy (non-hydrogen) atoms. The zero-order valence-corrected chi connectivity index (χ0v) is 20.8. The van der Waals surface area contributed by atoms with Crippen LogP contribution in [-0.2, 0) is 4.43 Å². The van der Waals surface area contributed by atoms with Crippen LogP contribution in [0.1, 0.15) is 44.1 Å². The van der Waals surface area contributed by atoms with Crippen LogP contribution in [0.4, 0.5) is 4.39 Å². The molecule has 0 aliphatic heterocycles. The molecule has 5 nitrogen and oxygen atoms in total. The monoisotopic (exact) mass is 460 g/mol. The van der Waals surface area contributed by atoms with E-state index in [-0.39, 0.29) is 11.5 Å². The summed E-state index contributed by atoms with van der Waals surface area (Å²) in [6.07, 6.45) is 10.0. The van der Waals surface area contributed by atoms with E-state index in [4.69, 9.17) is 9.41 Å². The van der Waals surface area contributed by atoms with Crippen molar-refractivity contribution in [1.29, 1.82) is 5.26 Å². The minimum Gasteiger partial charge on any atom is -0.412 e. The molecule has 0 amide bonds. The minimum absolute atomic E-state index is 0.0894. The van der Waals surface area contributed by atoms with Crippen LogP contribution in [0, 0.1) is 16.7 Å². The van der Waals surface area contributed by atoms with Gasteiger partial charge in [-0.1, -0.05) is 57.2 Å². The maximum atomic E-state index is 15.1. The molecule has 0 spiro atoms. The van der Waals surface area contributed by atoms with Crippen LogP contribution >= 0.6 is 0 Å². The highest BCUT2D eigenvalue weighted by Crippen LogP contribution is 2.38. The normalized spacial score (nSPS) is 21.5. The van der Waals surface area contributed by atoms with Gasteiger partial charge in [-0.05, 0) is 42.3 Å². The summed E-state index contributed by atoms with van der Waals surface area (Å²) in [5, 5.41) is 9.42. The first-order valence-corrected chi connectivity index (χ1v) is 14.0. The van der Waals surface area contributed by atoms with Crippen molar-refractivity contribution in [3.63, 3.8) is 0 Å². The van der Waals surface area contributed by atoms with E-state index in [9.17, 15) is 5.26 Å². The zero-order valence-electron chi connectivity index (χ0n) is 19.7. The average molecular weight is 461 g/mol. The largest absolute Gasteiger partial charge is 0.412 e. The second-order valence-electron chi connectivity index (χ2n) is 9.82. The minimum atomic E-state index is -2.06. The quantitative estimate of drug-likeness (QED) is 0.443. The second-order valence-corrected chi connectivity index (χ2v) is 12.2. The molecule has 170 valence electrons. The molecule has 3 aromatic rings. The van der Waals surface area contributed by atoms with Crippen molar-refractivity contribution in [2.24, 2.45) is 5.41 Å². The average Bonchev–Trinajstić information content (AvgIpc) is 3.20. The lowest BCUT2D eigenvalue weighted by Crippen LogP contribution is -2.27. The lowest BCUT2D eigenvalue weighted by molar-refractivity contribution is 0.0828. The van der Waals surface area contributed by atoms with Gasteiger partial charge in [-0.3, -0.25) is 4.40 Å². The number of hydrogen-bond acceptors (Lipinski definition) is 4. The number of halogens is 1. The lowest BCUT2D eigenvalue weighted by Gasteiger charge is -2.32. The molecule has 3 unspecified atom stereocenters. The van der Waals surface area contributed by atoms with E-state index in [0.717, 1.165) is 22.5 Å². The summed E-state index contributed by atoms with van der Waals surface area (Å²) in [7, 11) is -1.27. The number of aromatic nitrogens is 3. The molecular formula is C26H29FN4OSi. The van der Waals surface area contributed by atoms with Gasteiger partial charge in [-0.2, -0.15) is 5.26 Å². The Balaban J connectivity index is 1.72. The Bertz CT molecular complexity index is 1270. The Morgan fingerprint density at radius 3 is 2.73 bits per heavy atom. The summed E-state index contributed by atoms with van der Waals surface area (Å²) in [6.45, 7) is 10.8. The van der Waals surface area contributed by atoms with E-state index >= 15 is 4.39 Å². The molecule has 0 radical (unpaired) electrons. The molecule has 2 heterocycles. The van der Waals surface area contributed by atoms with Crippen molar-refractivity contribution >= 4 is 14.8 Å². The van der Waals surface area contributed by atoms with Gasteiger partial charge in [0, 0.05) is 11.8 Å². The van der Waals surface area contributed by atoms with Crippen molar-refractivity contribution in [1.82, 2.24) is 14.4 Å². The van der Waals surface area contributed by atoms with E-state index in [0.29, 0.717) is 5.78 Å². The molecule has 0 N–H and O–H groups in total. The van der Waals surface area contributed by atoms with Crippen molar-refractivity contribution in [2.45, 2.75) is 51.6 Å². The molecule has 0 bridgehead atoms. The van der Waals surface area contributed by atoms with Crippen molar-refractivity contribution in [3.05, 3.63) is 78.3 Å². The zero-order chi connectivity index (χ0) is 23.8. The van der Waals surface area contributed by atoms with Gasteiger partial charge in [0.15, 0.2) is 9.04 Å². The summed E-state index contributed by atoms with van der Waals surface area (Å²) in [5.74, 6) is -0.0743. The first kappa shape index (κ1) is 23.1. The summed E-state index contributed by atoms with van der Waals surface area (Å²) >= 11 is 0. The molecule has 0 fully saturated rings. The Kier molecular flexibility index (Phi) is 6.08. The van der Waals surface area contributed by atoms with Gasteiger partial charge in [-0.25, -0.2) is 14.4 Å². The van der Waals surface area contributed by atoms with Gasteiger partial charge in [0.2, 0.25) is 11.4 Å². The third kappa shape index (κ3) is 4.54. The van der Waals surface area contributed by atoms with E-state index in [2.05, 4.69) is 38.8 Å². The summed E-state index contributed by atoms with van der Waals surface area (Å²) in [4.78, 5) is 9.36. The van der Waals surface area contributed by atoms with Crippen molar-refractivity contribution < 1.29 is 8.82 Å². The van der Waals surface area contributed by atoms with Gasteiger partial charge in [-0.15, -0.1) is 0 Å². The molecule has 0 saturated carbocycles. The molecule has 1 aliphatic carbocycles. The van der Waals surface area contributed by atoms with E-state index < -0.39 is 20.6 Å². The van der Waals surface area contributed by atoms with Crippen LogP contribution in [0.3, 0.4) is 0 Å². The number of allylic oxidation sites excluding steroid dienone is 4. The van der Waals surface area contributed by atoms with Gasteiger partial charge >= 0.3 is 0 Å². The van der Waals surface area contributed by atoms with Gasteiger partial charge in [0.05, 0.1) is 29.6 Å². The third-order valence-corrected chi connectivity index (χ3v) is 6.60. The number of rotatable bonds is 5. The molecular weight excluding hydrogens is 431 g/mol. The van der Waals surface area contributed by atoms with Crippen LogP contribution < -0.4 is 0 Å². The van der Waals surface area contributed by atoms with Crippen LogP contribution in [0.25, 0.3) is 17.0 Å². The molecule has 7 heteroatoms. The van der Waals surface area contributed by atoms with E-state index in [1.54, 1.807) is 24.4 Å². The van der Waals surface area contributed by atoms with Crippen LogP contribution in [0.5, 0.6) is 0 Å². The third-order valence-electron chi connectivity index (χ3n) is 5.78. The van der Waals surface area contributed by atoms with E-state index in [1.165, 1.54) is 6.08 Å². The fourth-order valence-electron chi connectivity index (χ4n) is 4.20. The highest BCUT2D eigenvalue weighted by Gasteiger charge is 2.38. The maximum Gasteiger partial charge on any atom is 0.234 e. The predicted octanol–water partition coefficient (Wildman–Crippen LogP) is 5.92. The molecule has 1 aromatic carbocycles. The lowest BCUT2D eigenvalue weighted by atomic mass is 9.81. The summed E-state index contributed by atoms with van der Waals surface area (Å²) < 4.78 is 23.4. The van der Waals surface area contributed by atoms with Crippen LogP contribution in [0.2, 0.25) is 13.1 Å². The fourth-order valence-corrected chi connectivity index (χ4v) is 5.29. The smallest absolute Gasteiger partial charge is 0.234 e. The Hall–Kier alpha value is -3.08. The van der Waals surface area contributed by atoms with E-state index in [1.807, 2.05) is 47.0 Å². The van der Waals surface area contributed by atoms with Crippen LogP contribution in [0.15, 0.2) is 67.0 Å². The number of alkyl halides is 1. The topological polar surface area (TPSA) is 63.2 Å². The summed E-state index contributed by atoms with van der Waals surface area (Å²) in [5.41, 5.74) is 1.20. The Morgan fingerprint density at radius 1 is 1.24 bits per heavy atom. The van der Waals surface area contributed by atoms with Gasteiger partial charge in [0.1, 0.15) is 6.07 Å². The number of nitrogens with zero attached hydrogens (tertiary/aromatic N) is 4. The highest BCUT2D eigenvalue weighted by molar-refractivity contribution is 6.48. The number of fused-ring (bicyclic) bond motifs is 1. The highest BCUT2D eigenvalue weighted by atomic mass is 28.3. The second kappa shape index (κ2) is 8.69. The molecule has 2 aromatic heterocycles. The van der Waals surface area contributed by atoms with Crippen molar-refractivity contribution in [3.8, 4) is 17.3 Å². The first-order valence-electron chi connectivity index (χ1n) is 11.2. The fraction of sp³-hybridized carbons (Fsp3) is 0.346. The SMILES string of the molecule is C[SiH](C)OC(c1ccn2c(-c3cccc(C4C=CC=CC4(F)C#N)c3)cnc2n1)C(C)(C)C. The number of nitriles is 1. The first-order chi connectivity index (χ1) is 15.6. The Morgan fingerprint density at radius 2 is 2.03 bits per heavy atom. The maximum absolute atomic E-state index is 15.1. The molecule has 3 atom stereocenters. The molecule has 0 saturated heterocycles. The van der Waals surface area contributed by atoms with Crippen molar-refractivity contribution in [2.75, 3.05) is 0 Å². The molecule has 4 rings (SSSR count). The van der Waals surface area contributed by atoms with Gasteiger partial charge < -0.3 is 4.43 Å². The number of hydrogen-bond donors (Lipinski definition) is 0. The number of imidazole rings is 1. The standard InChI is InChI=1S/C26H29FN4OSi/c1-25(2,3)23(32-33(4)5)21-12-14-31-22(16-29-24(31)30-21)19-10-8-9-18(15-19)20-11-6-7-13-26(20,27)17-28/h6-16,20,23,33H,1-5H3. The van der Waals surface area contributed by atoms with Gasteiger partial charge in [0.25, 0.3) is 0 Å². The molecule has 1 aliphatic rings. The number of benzene rings is 1. The predicted molar refractivity (Wildman–Crippen MR) is 131 cm³/mol. The summed E-state index contributed by atoms with van der Waals surface area (Å²) in [6, 6.07) is 11.4.